The lowest BCUT2D eigenvalue weighted by Crippen LogP contribution is -1.94. The fraction of sp³-hybridized carbons (Fsp3) is 0.111. The van der Waals surface area contributed by atoms with Crippen molar-refractivity contribution in [3.8, 4) is 11.3 Å². The highest BCUT2D eigenvalue weighted by Crippen LogP contribution is 2.21. The lowest BCUT2D eigenvalue weighted by molar-refractivity contribution is 0.425. The molecule has 0 amide bonds. The van der Waals surface area contributed by atoms with Crippen molar-refractivity contribution < 1.29 is 17.3 Å². The van der Waals surface area contributed by atoms with Crippen LogP contribution in [-0.4, -0.2) is 18.6 Å². The molecule has 0 aliphatic carbocycles. The number of hydrogen-bond donors (Lipinski definition) is 0. The first-order valence-corrected chi connectivity index (χ1v) is 6.91. The van der Waals surface area contributed by atoms with E-state index >= 15 is 0 Å². The van der Waals surface area contributed by atoms with Crippen LogP contribution in [0.15, 0.2) is 29.0 Å². The number of nitrogens with zero attached hydrogens (tertiary/aromatic N) is 2. The van der Waals surface area contributed by atoms with Gasteiger partial charge in [0.2, 0.25) is 9.05 Å². The summed E-state index contributed by atoms with van der Waals surface area (Å²) >= 11 is 0. The van der Waals surface area contributed by atoms with E-state index in [-0.39, 0.29) is 11.5 Å². The molecule has 90 valence electrons. The summed E-state index contributed by atoms with van der Waals surface area (Å²) in [6, 6.07) is 2.57. The van der Waals surface area contributed by atoms with Gasteiger partial charge in [0.25, 0.3) is 0 Å². The molecule has 0 aliphatic rings. The maximum Gasteiger partial charge on any atom is 0.238 e. The zero-order valence-corrected chi connectivity index (χ0v) is 9.87. The van der Waals surface area contributed by atoms with Crippen molar-refractivity contribution in [3.05, 3.63) is 36.0 Å². The van der Waals surface area contributed by atoms with Gasteiger partial charge in [-0.15, -0.1) is 0 Å². The second kappa shape index (κ2) is 4.42. The van der Waals surface area contributed by atoms with E-state index in [0.717, 1.165) is 6.20 Å². The Bertz CT molecular complexity index is 641. The maximum absolute atomic E-state index is 12.9. The van der Waals surface area contributed by atoms with Crippen molar-refractivity contribution in [2.75, 3.05) is 0 Å². The van der Waals surface area contributed by atoms with Gasteiger partial charge < -0.3 is 4.52 Å². The van der Waals surface area contributed by atoms with Gasteiger partial charge in [0.1, 0.15) is 17.3 Å². The third-order valence-corrected chi connectivity index (χ3v) is 2.84. The van der Waals surface area contributed by atoms with Crippen molar-refractivity contribution >= 4 is 19.7 Å². The molecule has 0 bridgehead atoms. The Morgan fingerprint density at radius 2 is 2.12 bits per heavy atom. The lowest BCUT2D eigenvalue weighted by atomic mass is 10.2. The summed E-state index contributed by atoms with van der Waals surface area (Å²) in [4.78, 5) is 3.64. The Hall–Kier alpha value is -1.47. The van der Waals surface area contributed by atoms with Crippen LogP contribution in [0, 0.1) is 5.82 Å². The fourth-order valence-electron chi connectivity index (χ4n) is 1.24. The summed E-state index contributed by atoms with van der Waals surface area (Å²) in [5.41, 5.74) is 0.523. The van der Waals surface area contributed by atoms with Crippen molar-refractivity contribution in [3.63, 3.8) is 0 Å². The number of halogens is 2. The number of aromatic nitrogens is 2. The van der Waals surface area contributed by atoms with E-state index in [1.54, 1.807) is 0 Å². The Kier molecular flexibility index (Phi) is 3.12. The average Bonchev–Trinajstić information content (AvgIpc) is 2.63. The van der Waals surface area contributed by atoms with Gasteiger partial charge >= 0.3 is 0 Å². The largest absolute Gasteiger partial charge is 0.356 e. The second-order valence-electron chi connectivity index (χ2n) is 3.26. The monoisotopic (exact) mass is 276 g/mol. The van der Waals surface area contributed by atoms with Crippen molar-refractivity contribution in [1.82, 2.24) is 10.1 Å². The first kappa shape index (κ1) is 12.0. The molecular formula is C9H6ClFN2O3S. The zero-order chi connectivity index (χ0) is 12.5. The summed E-state index contributed by atoms with van der Waals surface area (Å²) in [6.07, 6.45) is 2.42. The summed E-state index contributed by atoms with van der Waals surface area (Å²) in [7, 11) is 1.37. The molecule has 0 fully saturated rings. The summed E-state index contributed by atoms with van der Waals surface area (Å²) in [6.45, 7) is 0. The smallest absolute Gasteiger partial charge is 0.238 e. The van der Waals surface area contributed by atoms with Crippen LogP contribution in [-0.2, 0) is 14.8 Å². The molecule has 0 aliphatic heterocycles. The molecule has 0 radical (unpaired) electrons. The normalized spacial score (nSPS) is 11.6. The molecule has 8 heteroatoms. The summed E-state index contributed by atoms with van der Waals surface area (Å²) in [5, 5.41) is 3.52. The van der Waals surface area contributed by atoms with Crippen LogP contribution in [0.25, 0.3) is 11.3 Å². The number of hydrogen-bond acceptors (Lipinski definition) is 5. The maximum atomic E-state index is 12.9. The average molecular weight is 277 g/mol. The molecule has 0 unspecified atom stereocenters. The van der Waals surface area contributed by atoms with Gasteiger partial charge in [0.15, 0.2) is 5.76 Å². The highest BCUT2D eigenvalue weighted by atomic mass is 35.7. The van der Waals surface area contributed by atoms with Gasteiger partial charge in [-0.25, -0.2) is 12.8 Å². The van der Waals surface area contributed by atoms with E-state index in [2.05, 4.69) is 10.1 Å². The Morgan fingerprint density at radius 1 is 1.35 bits per heavy atom. The summed E-state index contributed by atoms with van der Waals surface area (Å²) in [5.74, 6) is -0.737. The number of rotatable bonds is 3. The Labute approximate surface area is 101 Å². The van der Waals surface area contributed by atoms with Crippen LogP contribution in [0.5, 0.6) is 0 Å². The molecule has 17 heavy (non-hydrogen) atoms. The second-order valence-corrected chi connectivity index (χ2v) is 6.03. The molecule has 2 aromatic rings. The van der Waals surface area contributed by atoms with Crippen LogP contribution in [0.2, 0.25) is 0 Å². The van der Waals surface area contributed by atoms with E-state index in [1.165, 1.54) is 18.3 Å². The van der Waals surface area contributed by atoms with Gasteiger partial charge in [0.05, 0.1) is 6.20 Å². The predicted molar refractivity (Wildman–Crippen MR) is 58.2 cm³/mol. The van der Waals surface area contributed by atoms with Crippen LogP contribution in [0.3, 0.4) is 0 Å². The molecule has 0 saturated carbocycles. The molecule has 0 atom stereocenters. The van der Waals surface area contributed by atoms with Gasteiger partial charge in [-0.1, -0.05) is 5.16 Å². The molecule has 2 heterocycles. The quantitative estimate of drug-likeness (QED) is 0.801. The molecule has 0 saturated heterocycles. The minimum Gasteiger partial charge on any atom is -0.356 e. The minimum atomic E-state index is -3.69. The lowest BCUT2D eigenvalue weighted by Gasteiger charge is -1.93. The molecule has 5 nitrogen and oxygen atoms in total. The Balaban J connectivity index is 2.30. The van der Waals surface area contributed by atoms with Crippen LogP contribution >= 0.6 is 10.7 Å². The van der Waals surface area contributed by atoms with Gasteiger partial charge in [0, 0.05) is 28.5 Å². The first-order valence-electron chi connectivity index (χ1n) is 4.43. The molecule has 2 aromatic heterocycles. The fourth-order valence-corrected chi connectivity index (χ4v) is 2.06. The van der Waals surface area contributed by atoms with Gasteiger partial charge in [-0.3, -0.25) is 4.98 Å². The summed E-state index contributed by atoms with van der Waals surface area (Å²) < 4.78 is 39.4. The van der Waals surface area contributed by atoms with Crippen LogP contribution in [0.4, 0.5) is 4.39 Å². The number of pyridine rings is 1. The van der Waals surface area contributed by atoms with Gasteiger partial charge in [-0.2, -0.15) is 0 Å². The van der Waals surface area contributed by atoms with Gasteiger partial charge in [-0.05, 0) is 6.07 Å². The molecule has 0 aromatic carbocycles. The van der Waals surface area contributed by atoms with Crippen molar-refractivity contribution in [2.45, 2.75) is 5.75 Å². The Morgan fingerprint density at radius 3 is 2.76 bits per heavy atom. The van der Waals surface area contributed by atoms with Crippen molar-refractivity contribution in [2.24, 2.45) is 0 Å². The SMILES string of the molecule is O=S(=O)(Cl)Cc1cc(-c2cncc(F)c2)on1. The molecule has 2 rings (SSSR count). The molecule has 0 N–H and O–H groups in total. The highest BCUT2D eigenvalue weighted by molar-refractivity contribution is 8.13. The van der Waals surface area contributed by atoms with Crippen molar-refractivity contribution in [1.29, 1.82) is 0 Å². The first-order chi connectivity index (χ1) is 7.94. The standard InChI is InChI=1S/C9H6ClFN2O3S/c10-17(14,15)5-8-2-9(16-13-8)6-1-7(11)4-12-3-6/h1-4H,5H2. The third kappa shape index (κ3) is 3.24. The van der Waals surface area contributed by atoms with Crippen LogP contribution < -0.4 is 0 Å². The van der Waals surface area contributed by atoms with E-state index in [0.29, 0.717) is 5.56 Å². The highest BCUT2D eigenvalue weighted by Gasteiger charge is 2.13. The molecule has 0 spiro atoms. The zero-order valence-electron chi connectivity index (χ0n) is 8.30. The van der Waals surface area contributed by atoms with E-state index in [1.807, 2.05) is 0 Å². The van der Waals surface area contributed by atoms with E-state index in [9.17, 15) is 12.8 Å². The van der Waals surface area contributed by atoms with E-state index < -0.39 is 20.6 Å². The topological polar surface area (TPSA) is 73.1 Å². The molecular weight excluding hydrogens is 271 g/mol. The minimum absolute atomic E-state index is 0.152. The van der Waals surface area contributed by atoms with E-state index in [4.69, 9.17) is 15.2 Å². The third-order valence-electron chi connectivity index (χ3n) is 1.87. The van der Waals surface area contributed by atoms with Crippen LogP contribution in [0.1, 0.15) is 5.69 Å². The predicted octanol–water partition coefficient (Wildman–Crippen LogP) is 1.94.